The second-order valence-corrected chi connectivity index (χ2v) is 9.01. The minimum atomic E-state index is -0.959. The fourth-order valence-electron chi connectivity index (χ4n) is 5.08. The molecule has 0 spiro atoms. The highest BCUT2D eigenvalue weighted by atomic mass is 16.3. The predicted octanol–water partition coefficient (Wildman–Crippen LogP) is 11.5. The van der Waals surface area contributed by atoms with Crippen LogP contribution < -0.4 is 0 Å². The lowest BCUT2D eigenvalue weighted by atomic mass is 9.85. The highest BCUT2D eigenvalue weighted by Gasteiger charge is 2.18. The molecular formula is C40H24O. The Morgan fingerprint density at radius 1 is 0.341 bits per heavy atom. The average Bonchev–Trinajstić information content (AvgIpc) is 3.69. The van der Waals surface area contributed by atoms with Gasteiger partial charge in [-0.05, 0) is 89.5 Å². The van der Waals surface area contributed by atoms with E-state index in [2.05, 4.69) is 0 Å². The van der Waals surface area contributed by atoms with Gasteiger partial charge in [-0.25, -0.2) is 0 Å². The van der Waals surface area contributed by atoms with Crippen LogP contribution in [0.25, 0.3) is 87.3 Å². The summed E-state index contributed by atoms with van der Waals surface area (Å²) in [4.78, 5) is 0. The molecule has 1 heterocycles. The summed E-state index contributed by atoms with van der Waals surface area (Å²) in [5.41, 5.74) is -3.78. The molecule has 8 aromatic carbocycles. The zero-order valence-corrected chi connectivity index (χ0v) is 20.4. The standard InChI is InChI=1S/C40H24O/c1-2-10-29-25(9-1)17-18-26-23-27(19-21-30(26)29)39-32-12-3-5-14-34(32)40(35-15-6-4-13-33(35)39)28-20-22-38-36(24-28)31-11-7-8-16-37(31)41-38/h1-24H/i1D,2D,3D,4D,5D,6D,7D,8D,9D,10D,11D,12D,13D,14D,15D,16D,17D,18D,19D,20D,21D,22D,23D,24D. The predicted molar refractivity (Wildman–Crippen MR) is 175 cm³/mol. The van der Waals surface area contributed by atoms with Crippen LogP contribution in [0.5, 0.6) is 0 Å². The first kappa shape index (κ1) is 9.33. The van der Waals surface area contributed by atoms with Gasteiger partial charge in [-0.3, -0.25) is 0 Å². The third kappa shape index (κ3) is 3.30. The van der Waals surface area contributed by atoms with E-state index in [4.69, 9.17) is 25.0 Å². The van der Waals surface area contributed by atoms with Gasteiger partial charge in [0.25, 0.3) is 0 Å². The summed E-state index contributed by atoms with van der Waals surface area (Å²) in [6.45, 7) is 0. The Hall–Kier alpha value is -5.40. The van der Waals surface area contributed by atoms with E-state index >= 15 is 0 Å². The molecule has 1 nitrogen and oxygen atoms in total. The van der Waals surface area contributed by atoms with Gasteiger partial charge in [0.15, 0.2) is 0 Å². The Morgan fingerprint density at radius 3 is 1.54 bits per heavy atom. The molecule has 0 amide bonds. The second-order valence-electron chi connectivity index (χ2n) is 9.01. The number of benzene rings is 8. The molecule has 1 aromatic heterocycles. The normalized spacial score (nSPS) is 20.1. The number of rotatable bonds is 2. The summed E-state index contributed by atoms with van der Waals surface area (Å²) in [5.74, 6) is 0. The van der Waals surface area contributed by atoms with Crippen molar-refractivity contribution in [3.63, 3.8) is 0 Å². The van der Waals surface area contributed by atoms with Gasteiger partial charge in [-0.2, -0.15) is 0 Å². The molecule has 1 heteroatoms. The highest BCUT2D eigenvalue weighted by Crippen LogP contribution is 2.45. The van der Waals surface area contributed by atoms with Crippen LogP contribution in [-0.2, 0) is 0 Å². The average molecular weight is 545 g/mol. The molecule has 190 valence electrons. The molecule has 0 aliphatic carbocycles. The third-order valence-electron chi connectivity index (χ3n) is 6.82. The second kappa shape index (κ2) is 8.55. The van der Waals surface area contributed by atoms with Crippen molar-refractivity contribution in [2.75, 3.05) is 0 Å². The van der Waals surface area contributed by atoms with E-state index in [9.17, 15) is 12.3 Å². The minimum Gasteiger partial charge on any atom is -0.456 e. The summed E-state index contributed by atoms with van der Waals surface area (Å²) in [7, 11) is 0. The van der Waals surface area contributed by atoms with Crippen LogP contribution in [0.15, 0.2) is 149 Å². The van der Waals surface area contributed by atoms with Gasteiger partial charge >= 0.3 is 0 Å². The number of hydrogen-bond donors (Lipinski definition) is 0. The summed E-state index contributed by atoms with van der Waals surface area (Å²) >= 11 is 0. The van der Waals surface area contributed by atoms with Gasteiger partial charge in [0.2, 0.25) is 0 Å². The number of para-hydroxylation sites is 1. The molecule has 0 saturated heterocycles. The lowest BCUT2D eigenvalue weighted by Crippen LogP contribution is -1.91. The quantitative estimate of drug-likeness (QED) is 0.156. The van der Waals surface area contributed by atoms with Gasteiger partial charge in [-0.1, -0.05) is 121 Å². The molecule has 41 heavy (non-hydrogen) atoms. The summed E-state index contributed by atoms with van der Waals surface area (Å²) in [5, 5.41) is -5.58. The molecule has 0 unspecified atom stereocenters. The van der Waals surface area contributed by atoms with Crippen molar-refractivity contribution in [3.05, 3.63) is 145 Å². The Kier molecular flexibility index (Phi) is 1.94. The van der Waals surface area contributed by atoms with Crippen molar-refractivity contribution in [1.82, 2.24) is 0 Å². The summed E-state index contributed by atoms with van der Waals surface area (Å²) < 4.78 is 220. The third-order valence-corrected chi connectivity index (χ3v) is 6.82. The maximum Gasteiger partial charge on any atom is 0.135 e. The van der Waals surface area contributed by atoms with Gasteiger partial charge in [0.05, 0.1) is 32.9 Å². The van der Waals surface area contributed by atoms with Crippen LogP contribution in [0.2, 0.25) is 0 Å². The van der Waals surface area contributed by atoms with Crippen molar-refractivity contribution in [3.8, 4) is 22.3 Å². The van der Waals surface area contributed by atoms with Crippen LogP contribution in [0, 0.1) is 0 Å². The van der Waals surface area contributed by atoms with E-state index in [1.165, 1.54) is 0 Å². The van der Waals surface area contributed by atoms with Crippen molar-refractivity contribution >= 4 is 65.0 Å². The molecule has 0 radical (unpaired) electrons. The minimum absolute atomic E-state index is 0.394. The first-order valence-corrected chi connectivity index (χ1v) is 12.2. The SMILES string of the molecule is [2H]c1c([2H])c([2H])c2c(oc3c([2H])c([2H])c(-c4c5c([2H])c([2H])c([2H])c([2H])c5c(-c5c([2H])c([2H])c6c(c5[2H])c([2H])c([2H])c5c([2H])c([2H])c([2H])c([2H])c56)c5c([2H])c([2H])c([2H])c([2H])c45)c([2H])c32)c1[2H]. The van der Waals surface area contributed by atoms with Crippen molar-refractivity contribution < 1.29 is 37.3 Å². The number of furan rings is 1. The molecule has 0 atom stereocenters. The molecule has 9 aromatic rings. The molecule has 0 bridgehead atoms. The van der Waals surface area contributed by atoms with Gasteiger partial charge in [0.1, 0.15) is 11.2 Å². The molecule has 0 aliphatic heterocycles. The Bertz CT molecular complexity index is 3740. The fourth-order valence-corrected chi connectivity index (χ4v) is 5.08. The molecule has 0 fully saturated rings. The smallest absolute Gasteiger partial charge is 0.135 e. The van der Waals surface area contributed by atoms with E-state index in [-0.39, 0.29) is 0 Å². The Morgan fingerprint density at radius 2 is 0.829 bits per heavy atom. The summed E-state index contributed by atoms with van der Waals surface area (Å²) in [6.07, 6.45) is 0. The maximum atomic E-state index is 9.63. The largest absolute Gasteiger partial charge is 0.456 e. The molecule has 9 rings (SSSR count). The van der Waals surface area contributed by atoms with E-state index in [0.717, 1.165) is 0 Å². The van der Waals surface area contributed by atoms with Crippen molar-refractivity contribution in [1.29, 1.82) is 0 Å². The fraction of sp³-hybridized carbons (Fsp3) is 0. The zero-order chi connectivity index (χ0) is 47.8. The lowest BCUT2D eigenvalue weighted by molar-refractivity contribution is 0.669. The van der Waals surface area contributed by atoms with E-state index in [0.29, 0.717) is 0 Å². The van der Waals surface area contributed by atoms with Crippen molar-refractivity contribution in [2.45, 2.75) is 0 Å². The Balaban J connectivity index is 1.62. The summed E-state index contributed by atoms with van der Waals surface area (Å²) in [6, 6.07) is -20.3. The van der Waals surface area contributed by atoms with Crippen molar-refractivity contribution in [2.24, 2.45) is 0 Å². The van der Waals surface area contributed by atoms with Crippen LogP contribution in [0.3, 0.4) is 0 Å². The van der Waals surface area contributed by atoms with E-state index in [1.54, 1.807) is 0 Å². The van der Waals surface area contributed by atoms with E-state index in [1.807, 2.05) is 0 Å². The van der Waals surface area contributed by atoms with Crippen LogP contribution in [0.4, 0.5) is 0 Å². The number of hydrogen-bond acceptors (Lipinski definition) is 1. The molecular weight excluding hydrogens is 496 g/mol. The first-order valence-electron chi connectivity index (χ1n) is 24.2. The molecule has 0 aliphatic rings. The molecule has 0 saturated carbocycles. The van der Waals surface area contributed by atoms with Crippen LogP contribution in [0.1, 0.15) is 32.9 Å². The highest BCUT2D eigenvalue weighted by molar-refractivity contribution is 6.22. The number of fused-ring (bicyclic) bond motifs is 8. The van der Waals surface area contributed by atoms with Crippen LogP contribution >= 0.6 is 0 Å². The lowest BCUT2D eigenvalue weighted by Gasteiger charge is -2.18. The van der Waals surface area contributed by atoms with Gasteiger partial charge in [0, 0.05) is 10.8 Å². The van der Waals surface area contributed by atoms with E-state index < -0.39 is 232 Å². The first-order chi connectivity index (χ1) is 30.3. The topological polar surface area (TPSA) is 13.1 Å². The van der Waals surface area contributed by atoms with Gasteiger partial charge in [-0.15, -0.1) is 0 Å². The van der Waals surface area contributed by atoms with Gasteiger partial charge < -0.3 is 4.42 Å². The van der Waals surface area contributed by atoms with Crippen LogP contribution in [-0.4, -0.2) is 0 Å². The maximum absolute atomic E-state index is 9.63. The Labute approximate surface area is 270 Å². The molecule has 0 N–H and O–H groups in total. The zero-order valence-electron chi connectivity index (χ0n) is 44.4. The monoisotopic (exact) mass is 544 g/mol.